The summed E-state index contributed by atoms with van der Waals surface area (Å²) in [6.45, 7) is 3.82. The zero-order valence-corrected chi connectivity index (χ0v) is 18.8. The molecule has 0 bridgehead atoms. The van der Waals surface area contributed by atoms with Gasteiger partial charge in [-0.1, -0.05) is 38.2 Å². The SMILES string of the molecule is C=CCCCC1CCC(C2CCC(CCc3cc(F)c(COC)c(F)c3)CC2)CC1. The number of unbranched alkanes of at least 4 members (excludes halogenated alkanes) is 1. The van der Waals surface area contributed by atoms with Crippen LogP contribution in [0.3, 0.4) is 0 Å². The highest BCUT2D eigenvalue weighted by molar-refractivity contribution is 5.26. The third kappa shape index (κ3) is 6.64. The minimum atomic E-state index is -0.476. The summed E-state index contributed by atoms with van der Waals surface area (Å²) >= 11 is 0. The molecule has 0 aromatic heterocycles. The Morgan fingerprint density at radius 1 is 0.900 bits per heavy atom. The number of benzene rings is 1. The van der Waals surface area contributed by atoms with E-state index >= 15 is 0 Å². The van der Waals surface area contributed by atoms with Gasteiger partial charge in [0.2, 0.25) is 0 Å². The van der Waals surface area contributed by atoms with Gasteiger partial charge in [-0.15, -0.1) is 6.58 Å². The lowest BCUT2D eigenvalue weighted by atomic mass is 9.68. The Balaban J connectivity index is 1.38. The van der Waals surface area contributed by atoms with E-state index < -0.39 is 11.6 Å². The average molecular weight is 419 g/mol. The molecule has 2 fully saturated rings. The molecule has 30 heavy (non-hydrogen) atoms. The van der Waals surface area contributed by atoms with E-state index in [0.717, 1.165) is 36.2 Å². The summed E-state index contributed by atoms with van der Waals surface area (Å²) in [5.74, 6) is 2.57. The molecule has 0 saturated heterocycles. The molecule has 0 unspecified atom stereocenters. The third-order valence-corrected chi connectivity index (χ3v) is 7.80. The molecule has 0 amide bonds. The molecule has 0 spiro atoms. The number of halogens is 2. The topological polar surface area (TPSA) is 9.23 Å². The lowest BCUT2D eigenvalue weighted by Crippen LogP contribution is -2.26. The molecule has 3 rings (SSSR count). The van der Waals surface area contributed by atoms with Crippen LogP contribution in [0.1, 0.15) is 88.2 Å². The summed E-state index contributed by atoms with van der Waals surface area (Å²) in [4.78, 5) is 0. The van der Waals surface area contributed by atoms with Gasteiger partial charge in [-0.2, -0.15) is 0 Å². The lowest BCUT2D eigenvalue weighted by molar-refractivity contribution is 0.141. The van der Waals surface area contributed by atoms with Crippen molar-refractivity contribution in [2.75, 3.05) is 7.11 Å². The molecule has 1 aromatic carbocycles. The van der Waals surface area contributed by atoms with Crippen LogP contribution in [-0.2, 0) is 17.8 Å². The van der Waals surface area contributed by atoms with Crippen LogP contribution < -0.4 is 0 Å². The Morgan fingerprint density at radius 2 is 1.43 bits per heavy atom. The van der Waals surface area contributed by atoms with Crippen molar-refractivity contribution in [1.82, 2.24) is 0 Å². The van der Waals surface area contributed by atoms with E-state index in [1.165, 1.54) is 89.9 Å². The number of hydrogen-bond acceptors (Lipinski definition) is 1. The standard InChI is InChI=1S/C27H40F2O/c1-3-4-5-6-20-9-13-23(14-10-20)24-15-11-21(12-16-24)7-8-22-17-26(28)25(19-30-2)27(29)18-22/h3,17-18,20-21,23-24H,1,4-16,19H2,2H3. The minimum absolute atomic E-state index is 0.0152. The number of hydrogen-bond donors (Lipinski definition) is 0. The summed E-state index contributed by atoms with van der Waals surface area (Å²) in [5.41, 5.74) is 0.818. The van der Waals surface area contributed by atoms with Gasteiger partial charge in [0.1, 0.15) is 11.6 Å². The second-order valence-electron chi connectivity index (χ2n) is 9.79. The number of allylic oxidation sites excluding steroid dienone is 1. The smallest absolute Gasteiger partial charge is 0.131 e. The maximum Gasteiger partial charge on any atom is 0.131 e. The van der Waals surface area contributed by atoms with E-state index in [4.69, 9.17) is 4.74 Å². The van der Waals surface area contributed by atoms with Gasteiger partial charge in [0, 0.05) is 12.7 Å². The predicted molar refractivity (Wildman–Crippen MR) is 120 cm³/mol. The van der Waals surface area contributed by atoms with Crippen molar-refractivity contribution in [3.05, 3.63) is 47.5 Å². The fourth-order valence-electron chi connectivity index (χ4n) is 5.90. The van der Waals surface area contributed by atoms with Crippen molar-refractivity contribution in [3.8, 4) is 0 Å². The van der Waals surface area contributed by atoms with Crippen LogP contribution in [0.2, 0.25) is 0 Å². The van der Waals surface area contributed by atoms with Gasteiger partial charge in [-0.3, -0.25) is 0 Å². The molecule has 168 valence electrons. The second-order valence-corrected chi connectivity index (χ2v) is 9.79. The Morgan fingerprint density at radius 3 is 1.93 bits per heavy atom. The maximum atomic E-state index is 14.1. The van der Waals surface area contributed by atoms with E-state index in [-0.39, 0.29) is 12.2 Å². The van der Waals surface area contributed by atoms with Crippen LogP contribution in [0.5, 0.6) is 0 Å². The molecule has 1 nitrogen and oxygen atoms in total. The van der Waals surface area contributed by atoms with Crippen LogP contribution >= 0.6 is 0 Å². The number of ether oxygens (including phenoxy) is 1. The number of rotatable bonds is 10. The van der Waals surface area contributed by atoms with E-state index in [2.05, 4.69) is 6.58 Å². The van der Waals surface area contributed by atoms with Gasteiger partial charge in [0.15, 0.2) is 0 Å². The van der Waals surface area contributed by atoms with E-state index in [1.807, 2.05) is 6.08 Å². The van der Waals surface area contributed by atoms with E-state index in [9.17, 15) is 8.78 Å². The molecular weight excluding hydrogens is 378 g/mol. The van der Waals surface area contributed by atoms with Crippen molar-refractivity contribution >= 4 is 0 Å². The number of methoxy groups -OCH3 is 1. The summed E-state index contributed by atoms with van der Waals surface area (Å²) in [6, 6.07) is 2.99. The first kappa shape index (κ1) is 23.4. The highest BCUT2D eigenvalue weighted by Gasteiger charge is 2.30. The Hall–Kier alpha value is -1.22. The number of aryl methyl sites for hydroxylation is 1. The Labute approximate surface area is 182 Å². The molecule has 3 heteroatoms. The molecule has 0 N–H and O–H groups in total. The average Bonchev–Trinajstić information content (AvgIpc) is 2.76. The van der Waals surface area contributed by atoms with Gasteiger partial charge in [-0.25, -0.2) is 8.78 Å². The van der Waals surface area contributed by atoms with Crippen LogP contribution in [0.15, 0.2) is 24.8 Å². The van der Waals surface area contributed by atoms with Crippen molar-refractivity contribution in [2.24, 2.45) is 23.7 Å². The van der Waals surface area contributed by atoms with Crippen LogP contribution in [0.25, 0.3) is 0 Å². The molecule has 0 radical (unpaired) electrons. The second kappa shape index (κ2) is 12.0. The third-order valence-electron chi connectivity index (χ3n) is 7.80. The molecule has 2 aliphatic carbocycles. The molecular formula is C27H40F2O. The maximum absolute atomic E-state index is 14.1. The molecule has 0 aliphatic heterocycles. The van der Waals surface area contributed by atoms with Crippen molar-refractivity contribution < 1.29 is 13.5 Å². The summed E-state index contributed by atoms with van der Waals surface area (Å²) in [6.07, 6.45) is 18.7. The lowest BCUT2D eigenvalue weighted by Gasteiger charge is -2.38. The predicted octanol–water partition coefficient (Wildman–Crippen LogP) is 8.01. The fraction of sp³-hybridized carbons (Fsp3) is 0.704. The van der Waals surface area contributed by atoms with Gasteiger partial charge in [0.05, 0.1) is 6.61 Å². The normalized spacial score (nSPS) is 27.2. The molecule has 2 saturated carbocycles. The zero-order chi connectivity index (χ0) is 21.3. The quantitative estimate of drug-likeness (QED) is 0.276. The fourth-order valence-corrected chi connectivity index (χ4v) is 5.90. The Kier molecular flexibility index (Phi) is 9.36. The minimum Gasteiger partial charge on any atom is -0.380 e. The van der Waals surface area contributed by atoms with Gasteiger partial charge < -0.3 is 4.74 Å². The first-order valence-corrected chi connectivity index (χ1v) is 12.2. The van der Waals surface area contributed by atoms with Gasteiger partial charge in [0.25, 0.3) is 0 Å². The molecule has 0 atom stereocenters. The highest BCUT2D eigenvalue weighted by Crippen LogP contribution is 2.43. The van der Waals surface area contributed by atoms with Crippen molar-refractivity contribution in [2.45, 2.75) is 90.1 Å². The van der Waals surface area contributed by atoms with Crippen LogP contribution in [0, 0.1) is 35.3 Å². The first-order valence-electron chi connectivity index (χ1n) is 12.2. The van der Waals surface area contributed by atoms with Crippen molar-refractivity contribution in [3.63, 3.8) is 0 Å². The first-order chi connectivity index (χ1) is 14.6. The van der Waals surface area contributed by atoms with Crippen LogP contribution in [0.4, 0.5) is 8.78 Å². The summed E-state index contributed by atoms with van der Waals surface area (Å²) < 4.78 is 33.1. The van der Waals surface area contributed by atoms with E-state index in [0.29, 0.717) is 5.92 Å². The van der Waals surface area contributed by atoms with Crippen LogP contribution in [-0.4, -0.2) is 7.11 Å². The molecule has 1 aromatic rings. The summed E-state index contributed by atoms with van der Waals surface area (Å²) in [7, 11) is 1.46. The molecule has 0 heterocycles. The molecule has 2 aliphatic rings. The summed E-state index contributed by atoms with van der Waals surface area (Å²) in [5, 5.41) is 0. The largest absolute Gasteiger partial charge is 0.380 e. The van der Waals surface area contributed by atoms with Gasteiger partial charge in [-0.05, 0) is 92.7 Å². The van der Waals surface area contributed by atoms with Crippen molar-refractivity contribution in [1.29, 1.82) is 0 Å². The monoisotopic (exact) mass is 418 g/mol. The Bertz CT molecular complexity index is 632. The zero-order valence-electron chi connectivity index (χ0n) is 18.8. The van der Waals surface area contributed by atoms with Gasteiger partial charge >= 0.3 is 0 Å². The van der Waals surface area contributed by atoms with E-state index in [1.54, 1.807) is 0 Å². The highest BCUT2D eigenvalue weighted by atomic mass is 19.1.